The third-order valence-electron chi connectivity index (χ3n) is 3.63. The van der Waals surface area contributed by atoms with Crippen LogP contribution in [0.3, 0.4) is 0 Å². The Kier molecular flexibility index (Phi) is 7.49. The molecule has 0 aliphatic rings. The fraction of sp³-hybridized carbons (Fsp3) is 0.250. The van der Waals surface area contributed by atoms with Crippen LogP contribution in [0.2, 0.25) is 0 Å². The molecular formula is C20H22FNO5. The first-order chi connectivity index (χ1) is 13.1. The van der Waals surface area contributed by atoms with E-state index in [9.17, 15) is 9.18 Å². The summed E-state index contributed by atoms with van der Waals surface area (Å²) in [5, 5.41) is 2.70. The van der Waals surface area contributed by atoms with Crippen LogP contribution in [-0.4, -0.2) is 40.4 Å². The number of hydrogen-bond acceptors (Lipinski definition) is 5. The average molecular weight is 375 g/mol. The molecule has 2 aromatic carbocycles. The van der Waals surface area contributed by atoms with Crippen molar-refractivity contribution in [3.63, 3.8) is 0 Å². The molecule has 144 valence electrons. The summed E-state index contributed by atoms with van der Waals surface area (Å²) in [6, 6.07) is 9.18. The average Bonchev–Trinajstić information content (AvgIpc) is 2.69. The van der Waals surface area contributed by atoms with Crippen molar-refractivity contribution < 1.29 is 28.1 Å². The Morgan fingerprint density at radius 2 is 1.70 bits per heavy atom. The number of rotatable bonds is 9. The maximum Gasteiger partial charge on any atom is 0.244 e. The lowest BCUT2D eigenvalue weighted by molar-refractivity contribution is -0.116. The highest BCUT2D eigenvalue weighted by Crippen LogP contribution is 2.40. The topological polar surface area (TPSA) is 66.0 Å². The Morgan fingerprint density at radius 3 is 2.33 bits per heavy atom. The molecule has 0 aliphatic heterocycles. The van der Waals surface area contributed by atoms with Gasteiger partial charge < -0.3 is 24.3 Å². The van der Waals surface area contributed by atoms with Gasteiger partial charge in [-0.25, -0.2) is 4.39 Å². The van der Waals surface area contributed by atoms with E-state index < -0.39 is 0 Å². The minimum Gasteiger partial charge on any atom is -0.493 e. The van der Waals surface area contributed by atoms with E-state index in [-0.39, 0.29) is 18.3 Å². The van der Waals surface area contributed by atoms with E-state index in [1.807, 2.05) is 0 Å². The van der Waals surface area contributed by atoms with Crippen LogP contribution in [0, 0.1) is 5.82 Å². The van der Waals surface area contributed by atoms with Crippen LogP contribution in [0.5, 0.6) is 23.0 Å². The molecular weight excluding hydrogens is 353 g/mol. The van der Waals surface area contributed by atoms with E-state index in [2.05, 4.69) is 5.32 Å². The highest BCUT2D eigenvalue weighted by molar-refractivity contribution is 5.92. The van der Waals surface area contributed by atoms with E-state index in [4.69, 9.17) is 18.9 Å². The smallest absolute Gasteiger partial charge is 0.244 e. The molecule has 0 spiro atoms. The lowest BCUT2D eigenvalue weighted by Gasteiger charge is -2.14. The van der Waals surface area contributed by atoms with E-state index in [1.165, 1.54) is 51.7 Å². The Bertz CT molecular complexity index is 790. The number of nitrogens with one attached hydrogen (secondary N) is 1. The quantitative estimate of drug-likeness (QED) is 0.539. The fourth-order valence-corrected chi connectivity index (χ4v) is 2.35. The number of methoxy groups -OCH3 is 3. The minimum atomic E-state index is -0.327. The molecule has 2 rings (SSSR count). The Morgan fingerprint density at radius 1 is 1.00 bits per heavy atom. The maximum absolute atomic E-state index is 12.8. The van der Waals surface area contributed by atoms with Crippen LogP contribution in [0.25, 0.3) is 6.08 Å². The van der Waals surface area contributed by atoms with Crippen molar-refractivity contribution in [2.45, 2.75) is 0 Å². The molecule has 1 N–H and O–H groups in total. The van der Waals surface area contributed by atoms with Gasteiger partial charge in [-0.3, -0.25) is 4.79 Å². The molecule has 0 aliphatic carbocycles. The van der Waals surface area contributed by atoms with Gasteiger partial charge >= 0.3 is 0 Å². The summed E-state index contributed by atoms with van der Waals surface area (Å²) >= 11 is 0. The molecule has 0 saturated carbocycles. The van der Waals surface area contributed by atoms with Crippen molar-refractivity contribution in [1.29, 1.82) is 0 Å². The van der Waals surface area contributed by atoms with Crippen molar-refractivity contribution in [2.24, 2.45) is 0 Å². The van der Waals surface area contributed by atoms with Gasteiger partial charge in [-0.05, 0) is 42.5 Å². The van der Waals surface area contributed by atoms with Crippen molar-refractivity contribution in [1.82, 2.24) is 5.32 Å². The summed E-state index contributed by atoms with van der Waals surface area (Å²) in [5.41, 5.74) is 0.674. The number of benzene rings is 2. The molecule has 2 aromatic rings. The zero-order chi connectivity index (χ0) is 19.6. The summed E-state index contributed by atoms with van der Waals surface area (Å²) in [4.78, 5) is 11.9. The lowest BCUT2D eigenvalue weighted by Crippen LogP contribution is -2.26. The largest absolute Gasteiger partial charge is 0.493 e. The highest BCUT2D eigenvalue weighted by atomic mass is 19.1. The highest BCUT2D eigenvalue weighted by Gasteiger charge is 2.14. The minimum absolute atomic E-state index is 0.269. The van der Waals surface area contributed by atoms with Gasteiger partial charge in [-0.2, -0.15) is 0 Å². The first-order valence-corrected chi connectivity index (χ1v) is 8.22. The number of halogens is 1. The predicted molar refractivity (Wildman–Crippen MR) is 100 cm³/mol. The number of carbonyl (C=O) groups is 1. The molecule has 6 nitrogen and oxygen atoms in total. The summed E-state index contributed by atoms with van der Waals surface area (Å²) in [7, 11) is 4.57. The van der Waals surface area contributed by atoms with Crippen molar-refractivity contribution in [2.75, 3.05) is 34.5 Å². The van der Waals surface area contributed by atoms with E-state index in [0.29, 0.717) is 35.1 Å². The van der Waals surface area contributed by atoms with Gasteiger partial charge in [0, 0.05) is 11.6 Å². The van der Waals surface area contributed by atoms with Crippen LogP contribution in [-0.2, 0) is 4.79 Å². The second-order valence-corrected chi connectivity index (χ2v) is 5.35. The SMILES string of the molecule is COc1ccc(/C=C/C(=O)NCCOc2ccc(F)cc2)c(OC)c1OC. The molecule has 7 heteroatoms. The molecule has 0 bridgehead atoms. The third-order valence-corrected chi connectivity index (χ3v) is 3.63. The van der Waals surface area contributed by atoms with Gasteiger partial charge in [0.2, 0.25) is 11.7 Å². The number of carbonyl (C=O) groups excluding carboxylic acids is 1. The van der Waals surface area contributed by atoms with Crippen LogP contribution >= 0.6 is 0 Å². The summed E-state index contributed by atoms with van der Waals surface area (Å²) in [6.45, 7) is 0.578. The molecule has 0 heterocycles. The van der Waals surface area contributed by atoms with Crippen LogP contribution in [0.15, 0.2) is 42.5 Å². The summed E-state index contributed by atoms with van der Waals surface area (Å²) in [6.07, 6.45) is 3.01. The van der Waals surface area contributed by atoms with Gasteiger partial charge in [-0.15, -0.1) is 0 Å². The Labute approximate surface area is 157 Å². The number of amides is 1. The van der Waals surface area contributed by atoms with Gasteiger partial charge in [0.25, 0.3) is 0 Å². The van der Waals surface area contributed by atoms with Crippen molar-refractivity contribution >= 4 is 12.0 Å². The molecule has 0 radical (unpaired) electrons. The summed E-state index contributed by atoms with van der Waals surface area (Å²) in [5.74, 6) is 1.39. The van der Waals surface area contributed by atoms with Crippen LogP contribution < -0.4 is 24.3 Å². The Hall–Kier alpha value is -3.22. The van der Waals surface area contributed by atoms with Gasteiger partial charge in [0.15, 0.2) is 11.5 Å². The fourth-order valence-electron chi connectivity index (χ4n) is 2.35. The molecule has 0 unspecified atom stereocenters. The molecule has 27 heavy (non-hydrogen) atoms. The second-order valence-electron chi connectivity index (χ2n) is 5.35. The lowest BCUT2D eigenvalue weighted by atomic mass is 10.1. The standard InChI is InChI=1S/C20H22FNO5/c1-24-17-10-4-14(19(25-2)20(17)26-3)5-11-18(23)22-12-13-27-16-8-6-15(21)7-9-16/h4-11H,12-13H2,1-3H3,(H,22,23)/b11-5+. The molecule has 0 fully saturated rings. The maximum atomic E-state index is 12.8. The Balaban J connectivity index is 1.89. The molecule has 1 amide bonds. The van der Waals surface area contributed by atoms with E-state index in [1.54, 1.807) is 18.2 Å². The van der Waals surface area contributed by atoms with Gasteiger partial charge in [-0.1, -0.05) is 0 Å². The number of ether oxygens (including phenoxy) is 4. The van der Waals surface area contributed by atoms with Crippen molar-refractivity contribution in [3.05, 3.63) is 53.9 Å². The van der Waals surface area contributed by atoms with Crippen LogP contribution in [0.1, 0.15) is 5.56 Å². The molecule has 0 atom stereocenters. The predicted octanol–water partition coefficient (Wildman–Crippen LogP) is 3.06. The monoisotopic (exact) mass is 375 g/mol. The van der Waals surface area contributed by atoms with E-state index in [0.717, 1.165) is 0 Å². The molecule has 0 aromatic heterocycles. The first kappa shape index (κ1) is 20.1. The first-order valence-electron chi connectivity index (χ1n) is 8.22. The molecule has 0 saturated heterocycles. The third kappa shape index (κ3) is 5.64. The van der Waals surface area contributed by atoms with Crippen molar-refractivity contribution in [3.8, 4) is 23.0 Å². The van der Waals surface area contributed by atoms with Gasteiger partial charge in [0.1, 0.15) is 18.2 Å². The zero-order valence-electron chi connectivity index (χ0n) is 15.5. The zero-order valence-corrected chi connectivity index (χ0v) is 15.5. The van der Waals surface area contributed by atoms with Gasteiger partial charge in [0.05, 0.1) is 27.9 Å². The number of hydrogen-bond donors (Lipinski definition) is 1. The summed E-state index contributed by atoms with van der Waals surface area (Å²) < 4.78 is 34.1. The normalized spacial score (nSPS) is 10.5. The van der Waals surface area contributed by atoms with E-state index >= 15 is 0 Å². The van der Waals surface area contributed by atoms with Crippen LogP contribution in [0.4, 0.5) is 4.39 Å². The second kappa shape index (κ2) is 10.1.